The van der Waals surface area contributed by atoms with Crippen LogP contribution in [0.2, 0.25) is 0 Å². The molecule has 0 fully saturated rings. The van der Waals surface area contributed by atoms with E-state index in [0.29, 0.717) is 16.6 Å². The molecular formula is C19H25N3O2S. The van der Waals surface area contributed by atoms with E-state index in [9.17, 15) is 8.42 Å². The zero-order valence-corrected chi connectivity index (χ0v) is 15.6. The molecule has 1 aliphatic carbocycles. The molecule has 134 valence electrons. The molecule has 1 aromatic heterocycles. The van der Waals surface area contributed by atoms with Crippen molar-refractivity contribution in [2.24, 2.45) is 5.92 Å². The second-order valence-corrected chi connectivity index (χ2v) is 8.63. The summed E-state index contributed by atoms with van der Waals surface area (Å²) in [5, 5.41) is 3.26. The summed E-state index contributed by atoms with van der Waals surface area (Å²) in [7, 11) is -3.62. The normalized spacial score (nSPS) is 14.2. The molecule has 0 unspecified atom stereocenters. The van der Waals surface area contributed by atoms with Gasteiger partial charge in [0.25, 0.3) is 10.0 Å². The molecule has 0 aliphatic heterocycles. The average Bonchev–Trinajstić information content (AvgIpc) is 2.60. The molecule has 0 atom stereocenters. The van der Waals surface area contributed by atoms with Crippen LogP contribution in [0.3, 0.4) is 0 Å². The first-order valence-corrected chi connectivity index (χ1v) is 10.3. The third-order valence-electron chi connectivity index (χ3n) is 4.35. The molecule has 5 nitrogen and oxygen atoms in total. The number of sulfonamides is 1. The first kappa shape index (κ1) is 17.7. The van der Waals surface area contributed by atoms with Gasteiger partial charge in [0.2, 0.25) is 0 Å². The molecule has 2 N–H and O–H groups in total. The Hall–Kier alpha value is -2.08. The molecule has 1 aliphatic rings. The minimum absolute atomic E-state index is 0.303. The van der Waals surface area contributed by atoms with Crippen molar-refractivity contribution in [3.8, 4) is 0 Å². The molecule has 0 radical (unpaired) electrons. The summed E-state index contributed by atoms with van der Waals surface area (Å²) in [5.74, 6) is 0.856. The van der Waals surface area contributed by atoms with E-state index in [2.05, 4.69) is 28.9 Å². The fraction of sp³-hybridized carbons (Fsp3) is 0.421. The Morgan fingerprint density at radius 1 is 1.08 bits per heavy atom. The van der Waals surface area contributed by atoms with Gasteiger partial charge in [0.05, 0.1) is 16.8 Å². The van der Waals surface area contributed by atoms with Gasteiger partial charge in [0, 0.05) is 6.54 Å². The van der Waals surface area contributed by atoms with E-state index >= 15 is 0 Å². The Kier molecular flexibility index (Phi) is 5.27. The van der Waals surface area contributed by atoms with E-state index in [1.54, 1.807) is 24.4 Å². The van der Waals surface area contributed by atoms with Gasteiger partial charge in [-0.3, -0.25) is 4.72 Å². The number of benzene rings is 1. The summed E-state index contributed by atoms with van der Waals surface area (Å²) in [6.45, 7) is 5.10. The van der Waals surface area contributed by atoms with Gasteiger partial charge in [-0.05, 0) is 67.0 Å². The summed E-state index contributed by atoms with van der Waals surface area (Å²) in [5.41, 5.74) is 3.30. The van der Waals surface area contributed by atoms with Crippen molar-refractivity contribution in [2.75, 3.05) is 16.6 Å². The highest BCUT2D eigenvalue weighted by Crippen LogP contribution is 2.25. The number of rotatable bonds is 6. The lowest BCUT2D eigenvalue weighted by Crippen LogP contribution is -2.15. The number of nitrogens with zero attached hydrogens (tertiary/aromatic N) is 1. The summed E-state index contributed by atoms with van der Waals surface area (Å²) in [6, 6.07) is 8.94. The summed E-state index contributed by atoms with van der Waals surface area (Å²) in [4.78, 5) is 4.50. The SMILES string of the molecule is CC(C)CNc1ccc(NS(=O)(=O)c2ccc3c(c2)CCCC3)nc1. The number of anilines is 2. The molecule has 1 aromatic carbocycles. The monoisotopic (exact) mass is 359 g/mol. The van der Waals surface area contributed by atoms with E-state index in [-0.39, 0.29) is 0 Å². The fourth-order valence-corrected chi connectivity index (χ4v) is 4.01. The van der Waals surface area contributed by atoms with Crippen LogP contribution < -0.4 is 10.0 Å². The zero-order valence-electron chi connectivity index (χ0n) is 14.7. The molecule has 2 aromatic rings. The lowest BCUT2D eigenvalue weighted by molar-refractivity contribution is 0.600. The molecule has 0 saturated heterocycles. The Morgan fingerprint density at radius 2 is 1.84 bits per heavy atom. The van der Waals surface area contributed by atoms with E-state index in [1.807, 2.05) is 12.1 Å². The number of aromatic nitrogens is 1. The Balaban J connectivity index is 1.73. The summed E-state index contributed by atoms with van der Waals surface area (Å²) in [6.07, 6.45) is 5.94. The van der Waals surface area contributed by atoms with Crippen LogP contribution in [0, 0.1) is 5.92 Å². The van der Waals surface area contributed by atoms with E-state index in [1.165, 1.54) is 12.0 Å². The van der Waals surface area contributed by atoms with Gasteiger partial charge >= 0.3 is 0 Å². The lowest BCUT2D eigenvalue weighted by Gasteiger charge is -2.17. The number of aryl methyl sites for hydroxylation is 2. The van der Waals surface area contributed by atoms with E-state index in [4.69, 9.17) is 0 Å². The highest BCUT2D eigenvalue weighted by atomic mass is 32.2. The third-order valence-corrected chi connectivity index (χ3v) is 5.70. The molecule has 1 heterocycles. The lowest BCUT2D eigenvalue weighted by atomic mass is 9.92. The van der Waals surface area contributed by atoms with Crippen LogP contribution in [0.1, 0.15) is 37.8 Å². The molecule has 0 spiro atoms. The second kappa shape index (κ2) is 7.44. The third kappa shape index (κ3) is 4.51. The second-order valence-electron chi connectivity index (χ2n) is 6.95. The van der Waals surface area contributed by atoms with Gasteiger partial charge in [0.15, 0.2) is 0 Å². The Bertz CT molecular complexity index is 830. The molecule has 0 saturated carbocycles. The molecule has 0 amide bonds. The van der Waals surface area contributed by atoms with Crippen molar-refractivity contribution in [2.45, 2.75) is 44.4 Å². The number of nitrogens with one attached hydrogen (secondary N) is 2. The van der Waals surface area contributed by atoms with Crippen LogP contribution >= 0.6 is 0 Å². The fourth-order valence-electron chi connectivity index (χ4n) is 2.95. The van der Waals surface area contributed by atoms with E-state index < -0.39 is 10.0 Å². The van der Waals surface area contributed by atoms with Crippen molar-refractivity contribution in [3.63, 3.8) is 0 Å². The maximum Gasteiger partial charge on any atom is 0.263 e. The number of hydrogen-bond donors (Lipinski definition) is 2. The van der Waals surface area contributed by atoms with Crippen LogP contribution in [0.4, 0.5) is 11.5 Å². The molecule has 25 heavy (non-hydrogen) atoms. The molecule has 6 heteroatoms. The summed E-state index contributed by atoms with van der Waals surface area (Å²) >= 11 is 0. The standard InChI is InChI=1S/C19H25N3O2S/c1-14(2)12-20-17-8-10-19(21-13-17)22-25(23,24)18-9-7-15-5-3-4-6-16(15)11-18/h7-11,13-14,20H,3-6,12H2,1-2H3,(H,21,22). The first-order chi connectivity index (χ1) is 11.9. The van der Waals surface area contributed by atoms with Crippen LogP contribution in [0.15, 0.2) is 41.4 Å². The van der Waals surface area contributed by atoms with Crippen LogP contribution in [0.25, 0.3) is 0 Å². The molecular weight excluding hydrogens is 334 g/mol. The predicted octanol–water partition coefficient (Wildman–Crippen LogP) is 3.83. The van der Waals surface area contributed by atoms with Gasteiger partial charge in [0.1, 0.15) is 5.82 Å². The summed E-state index contributed by atoms with van der Waals surface area (Å²) < 4.78 is 27.8. The number of pyridine rings is 1. The Labute approximate surface area is 149 Å². The highest BCUT2D eigenvalue weighted by molar-refractivity contribution is 7.92. The van der Waals surface area contributed by atoms with Crippen molar-refractivity contribution in [3.05, 3.63) is 47.7 Å². The molecule has 3 rings (SSSR count). The minimum Gasteiger partial charge on any atom is -0.384 e. The smallest absolute Gasteiger partial charge is 0.263 e. The maximum atomic E-state index is 12.6. The van der Waals surface area contributed by atoms with Crippen molar-refractivity contribution >= 4 is 21.5 Å². The zero-order chi connectivity index (χ0) is 17.9. The minimum atomic E-state index is -3.62. The molecule has 0 bridgehead atoms. The van der Waals surface area contributed by atoms with Gasteiger partial charge in [-0.15, -0.1) is 0 Å². The van der Waals surface area contributed by atoms with Crippen LogP contribution in [-0.4, -0.2) is 19.9 Å². The maximum absolute atomic E-state index is 12.6. The van der Waals surface area contributed by atoms with Gasteiger partial charge in [-0.25, -0.2) is 13.4 Å². The largest absolute Gasteiger partial charge is 0.384 e. The van der Waals surface area contributed by atoms with Gasteiger partial charge < -0.3 is 5.32 Å². The predicted molar refractivity (Wildman–Crippen MR) is 101 cm³/mol. The van der Waals surface area contributed by atoms with Crippen molar-refractivity contribution in [1.29, 1.82) is 0 Å². The quantitative estimate of drug-likeness (QED) is 0.822. The highest BCUT2D eigenvalue weighted by Gasteiger charge is 2.18. The van der Waals surface area contributed by atoms with Crippen molar-refractivity contribution in [1.82, 2.24) is 4.98 Å². The van der Waals surface area contributed by atoms with E-state index in [0.717, 1.165) is 37.1 Å². The average molecular weight is 359 g/mol. The number of fused-ring (bicyclic) bond motifs is 1. The van der Waals surface area contributed by atoms with Gasteiger partial charge in [-0.1, -0.05) is 19.9 Å². The topological polar surface area (TPSA) is 71.1 Å². The van der Waals surface area contributed by atoms with Crippen LogP contribution in [0.5, 0.6) is 0 Å². The van der Waals surface area contributed by atoms with Crippen LogP contribution in [-0.2, 0) is 22.9 Å². The Morgan fingerprint density at radius 3 is 2.52 bits per heavy atom. The first-order valence-electron chi connectivity index (χ1n) is 8.78. The number of hydrogen-bond acceptors (Lipinski definition) is 4. The van der Waals surface area contributed by atoms with Crippen molar-refractivity contribution < 1.29 is 8.42 Å². The van der Waals surface area contributed by atoms with Gasteiger partial charge in [-0.2, -0.15) is 0 Å².